The quantitative estimate of drug-likeness (QED) is 0.822. The Labute approximate surface area is 112 Å². The van der Waals surface area contributed by atoms with Gasteiger partial charge in [-0.3, -0.25) is 4.90 Å². The van der Waals surface area contributed by atoms with E-state index in [0.29, 0.717) is 6.04 Å². The Kier molecular flexibility index (Phi) is 4.05. The number of nitrogens with two attached hydrogens (primary N) is 1. The summed E-state index contributed by atoms with van der Waals surface area (Å²) in [4.78, 5) is 2.60. The minimum atomic E-state index is -0.0210. The van der Waals surface area contributed by atoms with Gasteiger partial charge in [-0.15, -0.1) is 0 Å². The lowest BCUT2D eigenvalue weighted by molar-refractivity contribution is -0.182. The molecule has 0 radical (unpaired) electrons. The molecule has 2 fully saturated rings. The summed E-state index contributed by atoms with van der Waals surface area (Å²) in [5.41, 5.74) is 5.94. The highest BCUT2D eigenvalue weighted by Gasteiger charge is 2.38. The highest BCUT2D eigenvalue weighted by Crippen LogP contribution is 2.31. The molecule has 18 heavy (non-hydrogen) atoms. The lowest BCUT2D eigenvalue weighted by Crippen LogP contribution is -2.58. The Bertz CT molecular complexity index is 264. The van der Waals surface area contributed by atoms with Gasteiger partial charge >= 0.3 is 0 Å². The van der Waals surface area contributed by atoms with Crippen molar-refractivity contribution in [3.05, 3.63) is 0 Å². The number of hydrogen-bond donors (Lipinski definition) is 1. The first-order valence-electron chi connectivity index (χ1n) is 7.44. The summed E-state index contributed by atoms with van der Waals surface area (Å²) in [6, 6.07) is 0.457. The van der Waals surface area contributed by atoms with Crippen molar-refractivity contribution in [2.75, 3.05) is 19.6 Å². The van der Waals surface area contributed by atoms with E-state index in [1.165, 1.54) is 32.2 Å². The lowest BCUT2D eigenvalue weighted by Gasteiger charge is -2.48. The first-order chi connectivity index (χ1) is 8.26. The molecule has 0 aromatic carbocycles. The summed E-state index contributed by atoms with van der Waals surface area (Å²) in [6.45, 7) is 12.2. The molecule has 1 saturated heterocycles. The van der Waals surface area contributed by atoms with Crippen LogP contribution in [0.5, 0.6) is 0 Å². The Balaban J connectivity index is 1.89. The molecular weight excluding hydrogens is 224 g/mol. The normalized spacial score (nSPS) is 36.5. The zero-order valence-electron chi connectivity index (χ0n) is 12.5. The van der Waals surface area contributed by atoms with E-state index in [4.69, 9.17) is 10.5 Å². The number of nitrogens with zero attached hydrogens (tertiary/aromatic N) is 1. The Morgan fingerprint density at radius 2 is 1.50 bits per heavy atom. The van der Waals surface area contributed by atoms with Gasteiger partial charge in [0.15, 0.2) is 0 Å². The van der Waals surface area contributed by atoms with Gasteiger partial charge in [-0.05, 0) is 59.3 Å². The van der Waals surface area contributed by atoms with Gasteiger partial charge in [0.05, 0.1) is 11.2 Å². The molecule has 106 valence electrons. The molecule has 0 amide bonds. The molecule has 2 aliphatic rings. The second-order valence-electron chi connectivity index (χ2n) is 7.57. The highest BCUT2D eigenvalue weighted by molar-refractivity contribution is 4.90. The fraction of sp³-hybridized carbons (Fsp3) is 1.00. The second kappa shape index (κ2) is 5.10. The monoisotopic (exact) mass is 254 g/mol. The van der Waals surface area contributed by atoms with Crippen LogP contribution in [0.4, 0.5) is 0 Å². The number of ether oxygens (including phenoxy) is 1. The van der Waals surface area contributed by atoms with Crippen LogP contribution in [-0.4, -0.2) is 41.8 Å². The van der Waals surface area contributed by atoms with E-state index in [-0.39, 0.29) is 11.2 Å². The van der Waals surface area contributed by atoms with Crippen molar-refractivity contribution in [1.82, 2.24) is 4.90 Å². The van der Waals surface area contributed by atoms with Crippen LogP contribution in [0.2, 0.25) is 0 Å². The number of morpholine rings is 1. The van der Waals surface area contributed by atoms with Crippen LogP contribution >= 0.6 is 0 Å². The average Bonchev–Trinajstić information content (AvgIpc) is 2.16. The SMILES string of the molecule is CC1(C)CN(CC2CCC(N)CC2)CC(C)(C)O1. The minimum Gasteiger partial charge on any atom is -0.367 e. The van der Waals surface area contributed by atoms with Crippen LogP contribution in [-0.2, 0) is 4.74 Å². The molecule has 0 bridgehead atoms. The average molecular weight is 254 g/mol. The molecule has 1 aliphatic heterocycles. The fourth-order valence-corrected chi connectivity index (χ4v) is 3.81. The molecule has 0 spiro atoms. The van der Waals surface area contributed by atoms with E-state index in [1.807, 2.05) is 0 Å². The molecule has 3 nitrogen and oxygen atoms in total. The first kappa shape index (κ1) is 14.3. The van der Waals surface area contributed by atoms with E-state index in [9.17, 15) is 0 Å². The van der Waals surface area contributed by atoms with Crippen molar-refractivity contribution in [1.29, 1.82) is 0 Å². The maximum Gasteiger partial charge on any atom is 0.0760 e. The van der Waals surface area contributed by atoms with E-state index in [0.717, 1.165) is 19.0 Å². The van der Waals surface area contributed by atoms with E-state index in [1.54, 1.807) is 0 Å². The smallest absolute Gasteiger partial charge is 0.0760 e. The van der Waals surface area contributed by atoms with Gasteiger partial charge in [-0.2, -0.15) is 0 Å². The topological polar surface area (TPSA) is 38.5 Å². The van der Waals surface area contributed by atoms with Crippen molar-refractivity contribution in [3.8, 4) is 0 Å². The van der Waals surface area contributed by atoms with Gasteiger partial charge in [-0.25, -0.2) is 0 Å². The van der Waals surface area contributed by atoms with Crippen LogP contribution in [0.25, 0.3) is 0 Å². The summed E-state index contributed by atoms with van der Waals surface area (Å²) in [7, 11) is 0. The summed E-state index contributed by atoms with van der Waals surface area (Å²) in [5, 5.41) is 0. The minimum absolute atomic E-state index is 0.0210. The Morgan fingerprint density at radius 1 is 1.00 bits per heavy atom. The predicted molar refractivity (Wildman–Crippen MR) is 75.6 cm³/mol. The van der Waals surface area contributed by atoms with Crippen LogP contribution < -0.4 is 5.73 Å². The zero-order chi connectivity index (χ0) is 13.4. The first-order valence-corrected chi connectivity index (χ1v) is 7.44. The van der Waals surface area contributed by atoms with Crippen LogP contribution in [0.3, 0.4) is 0 Å². The summed E-state index contributed by atoms with van der Waals surface area (Å²) >= 11 is 0. The maximum absolute atomic E-state index is 6.14. The van der Waals surface area contributed by atoms with Gasteiger partial charge in [-0.1, -0.05) is 0 Å². The zero-order valence-corrected chi connectivity index (χ0v) is 12.5. The van der Waals surface area contributed by atoms with Crippen molar-refractivity contribution < 1.29 is 4.74 Å². The van der Waals surface area contributed by atoms with Gasteiger partial charge in [0, 0.05) is 25.7 Å². The van der Waals surface area contributed by atoms with Crippen molar-refractivity contribution in [2.45, 2.75) is 70.6 Å². The molecule has 1 aliphatic carbocycles. The van der Waals surface area contributed by atoms with Crippen LogP contribution in [0, 0.1) is 5.92 Å². The largest absolute Gasteiger partial charge is 0.367 e. The molecule has 1 heterocycles. The van der Waals surface area contributed by atoms with Gasteiger partial charge < -0.3 is 10.5 Å². The molecule has 0 atom stereocenters. The lowest BCUT2D eigenvalue weighted by atomic mass is 9.85. The fourth-order valence-electron chi connectivity index (χ4n) is 3.81. The van der Waals surface area contributed by atoms with Crippen molar-refractivity contribution in [2.24, 2.45) is 11.7 Å². The molecule has 1 saturated carbocycles. The van der Waals surface area contributed by atoms with E-state index < -0.39 is 0 Å². The van der Waals surface area contributed by atoms with Crippen LogP contribution in [0.1, 0.15) is 53.4 Å². The summed E-state index contributed by atoms with van der Waals surface area (Å²) in [6.07, 6.45) is 5.03. The molecule has 0 unspecified atom stereocenters. The van der Waals surface area contributed by atoms with Crippen molar-refractivity contribution in [3.63, 3.8) is 0 Å². The van der Waals surface area contributed by atoms with Gasteiger partial charge in [0.1, 0.15) is 0 Å². The Morgan fingerprint density at radius 3 is 2.00 bits per heavy atom. The van der Waals surface area contributed by atoms with Crippen molar-refractivity contribution >= 4 is 0 Å². The number of rotatable bonds is 2. The predicted octanol–water partition coefficient (Wildman–Crippen LogP) is 2.39. The third-order valence-corrected chi connectivity index (χ3v) is 4.17. The molecule has 0 aromatic heterocycles. The summed E-state index contributed by atoms with van der Waals surface area (Å²) < 4.78 is 6.14. The molecule has 2 N–H and O–H groups in total. The number of hydrogen-bond acceptors (Lipinski definition) is 3. The maximum atomic E-state index is 6.14. The van der Waals surface area contributed by atoms with E-state index in [2.05, 4.69) is 32.6 Å². The van der Waals surface area contributed by atoms with Crippen LogP contribution in [0.15, 0.2) is 0 Å². The molecule has 0 aromatic rings. The standard InChI is InChI=1S/C15H30N2O/c1-14(2)10-17(11-15(3,4)18-14)9-12-5-7-13(16)8-6-12/h12-13H,5-11,16H2,1-4H3. The third-order valence-electron chi connectivity index (χ3n) is 4.17. The highest BCUT2D eigenvalue weighted by atomic mass is 16.5. The third kappa shape index (κ3) is 3.94. The summed E-state index contributed by atoms with van der Waals surface area (Å²) in [5.74, 6) is 0.842. The molecule has 3 heteroatoms. The molecular formula is C15H30N2O. The van der Waals surface area contributed by atoms with E-state index >= 15 is 0 Å². The Hall–Kier alpha value is -0.120. The second-order valence-corrected chi connectivity index (χ2v) is 7.57. The van der Waals surface area contributed by atoms with Gasteiger partial charge in [0.25, 0.3) is 0 Å². The molecule has 2 rings (SSSR count). The van der Waals surface area contributed by atoms with Gasteiger partial charge in [0.2, 0.25) is 0 Å².